The molecule has 0 aromatic heterocycles. The molecule has 2 aromatic rings. The maximum absolute atomic E-state index is 13.7. The van der Waals surface area contributed by atoms with E-state index in [1.807, 2.05) is 24.3 Å². The molecule has 0 spiro atoms. The average Bonchev–Trinajstić information content (AvgIpc) is 2.88. The van der Waals surface area contributed by atoms with Gasteiger partial charge in [-0.1, -0.05) is 18.2 Å². The van der Waals surface area contributed by atoms with E-state index in [0.717, 1.165) is 23.4 Å². The first kappa shape index (κ1) is 13.8. The van der Waals surface area contributed by atoms with Gasteiger partial charge in [-0.05, 0) is 29.3 Å². The van der Waals surface area contributed by atoms with E-state index in [4.69, 9.17) is 14.6 Å². The Balaban J connectivity index is 1.67. The molecule has 0 radical (unpaired) electrons. The van der Waals surface area contributed by atoms with Crippen LogP contribution in [0.3, 0.4) is 0 Å². The van der Waals surface area contributed by atoms with Crippen molar-refractivity contribution in [3.63, 3.8) is 0 Å². The number of hydrogen-bond donors (Lipinski definition) is 1. The summed E-state index contributed by atoms with van der Waals surface area (Å²) in [5.41, 5.74) is 1.23. The minimum Gasteiger partial charge on any atom is -0.486 e. The molecular weight excluding hydrogens is 278 g/mol. The van der Waals surface area contributed by atoms with Gasteiger partial charge in [0.15, 0.2) is 17.4 Å². The van der Waals surface area contributed by atoms with Crippen molar-refractivity contribution < 1.29 is 23.4 Å². The predicted octanol–water partition coefficient (Wildman–Crippen LogP) is 2.84. The van der Waals surface area contributed by atoms with Crippen molar-refractivity contribution in [1.82, 2.24) is 0 Å². The molecule has 0 aliphatic carbocycles. The standard InChI is InChI=1S/C16H14F2O3/c17-13-5-10(8-19)6-14(18)16(13)20-9-12-7-11-3-1-2-4-15(11)21-12/h1-6,12,19H,7-9H2. The number of rotatable bonds is 4. The maximum Gasteiger partial charge on any atom is 0.190 e. The SMILES string of the molecule is OCc1cc(F)c(OCC2Cc3ccccc3O2)c(F)c1. The molecule has 1 atom stereocenters. The molecule has 0 bridgehead atoms. The van der Waals surface area contributed by atoms with Crippen LogP contribution >= 0.6 is 0 Å². The molecule has 1 aliphatic heterocycles. The third kappa shape index (κ3) is 2.83. The Morgan fingerprint density at radius 3 is 2.57 bits per heavy atom. The van der Waals surface area contributed by atoms with E-state index in [1.54, 1.807) is 0 Å². The summed E-state index contributed by atoms with van der Waals surface area (Å²) in [5.74, 6) is -1.31. The Kier molecular flexibility index (Phi) is 3.75. The largest absolute Gasteiger partial charge is 0.486 e. The van der Waals surface area contributed by atoms with Crippen LogP contribution in [0.1, 0.15) is 11.1 Å². The van der Waals surface area contributed by atoms with Crippen LogP contribution in [0.25, 0.3) is 0 Å². The Morgan fingerprint density at radius 2 is 1.90 bits per heavy atom. The highest BCUT2D eigenvalue weighted by atomic mass is 19.1. The normalized spacial score (nSPS) is 16.4. The quantitative estimate of drug-likeness (QED) is 0.941. The zero-order chi connectivity index (χ0) is 14.8. The van der Waals surface area contributed by atoms with Gasteiger partial charge in [0.25, 0.3) is 0 Å². The lowest BCUT2D eigenvalue weighted by Gasteiger charge is -2.14. The third-order valence-corrected chi connectivity index (χ3v) is 3.37. The number of halogens is 2. The van der Waals surface area contributed by atoms with Gasteiger partial charge < -0.3 is 14.6 Å². The van der Waals surface area contributed by atoms with Crippen LogP contribution in [0.15, 0.2) is 36.4 Å². The fraction of sp³-hybridized carbons (Fsp3) is 0.250. The van der Waals surface area contributed by atoms with Crippen molar-refractivity contribution in [3.8, 4) is 11.5 Å². The second-order valence-corrected chi connectivity index (χ2v) is 4.91. The third-order valence-electron chi connectivity index (χ3n) is 3.37. The monoisotopic (exact) mass is 292 g/mol. The molecule has 0 amide bonds. The van der Waals surface area contributed by atoms with E-state index in [2.05, 4.69) is 0 Å². The van der Waals surface area contributed by atoms with Crippen LogP contribution in [0, 0.1) is 11.6 Å². The van der Waals surface area contributed by atoms with Crippen molar-refractivity contribution in [3.05, 3.63) is 59.2 Å². The molecule has 0 saturated heterocycles. The Labute approximate surface area is 120 Å². The molecule has 3 nitrogen and oxygen atoms in total. The zero-order valence-electron chi connectivity index (χ0n) is 11.2. The summed E-state index contributed by atoms with van der Waals surface area (Å²) in [7, 11) is 0. The van der Waals surface area contributed by atoms with E-state index in [0.29, 0.717) is 6.42 Å². The van der Waals surface area contributed by atoms with Crippen molar-refractivity contribution in [2.75, 3.05) is 6.61 Å². The van der Waals surface area contributed by atoms with Gasteiger partial charge in [0.1, 0.15) is 18.5 Å². The molecule has 0 fully saturated rings. The second-order valence-electron chi connectivity index (χ2n) is 4.91. The Morgan fingerprint density at radius 1 is 1.19 bits per heavy atom. The molecule has 1 aliphatic rings. The number of para-hydroxylation sites is 1. The van der Waals surface area contributed by atoms with Gasteiger partial charge in [-0.15, -0.1) is 0 Å². The van der Waals surface area contributed by atoms with Crippen LogP contribution in [0.4, 0.5) is 8.78 Å². The smallest absolute Gasteiger partial charge is 0.190 e. The van der Waals surface area contributed by atoms with Crippen molar-refractivity contribution in [1.29, 1.82) is 0 Å². The summed E-state index contributed by atoms with van der Waals surface area (Å²) >= 11 is 0. The van der Waals surface area contributed by atoms with Gasteiger partial charge in [-0.2, -0.15) is 0 Å². The maximum atomic E-state index is 13.7. The molecule has 2 aromatic carbocycles. The summed E-state index contributed by atoms with van der Waals surface area (Å²) in [6.45, 7) is -0.365. The average molecular weight is 292 g/mol. The Bertz CT molecular complexity index is 610. The number of aliphatic hydroxyl groups is 1. The molecule has 1 N–H and O–H groups in total. The second kappa shape index (κ2) is 5.69. The fourth-order valence-electron chi connectivity index (χ4n) is 2.36. The van der Waals surface area contributed by atoms with Gasteiger partial charge in [-0.25, -0.2) is 8.78 Å². The number of ether oxygens (including phenoxy) is 2. The van der Waals surface area contributed by atoms with Gasteiger partial charge in [0, 0.05) is 6.42 Å². The van der Waals surface area contributed by atoms with Crippen LogP contribution < -0.4 is 9.47 Å². The number of fused-ring (bicyclic) bond motifs is 1. The minimum absolute atomic E-state index is 0.0565. The summed E-state index contributed by atoms with van der Waals surface area (Å²) in [6, 6.07) is 9.71. The zero-order valence-corrected chi connectivity index (χ0v) is 11.2. The highest BCUT2D eigenvalue weighted by molar-refractivity contribution is 5.37. The van der Waals surface area contributed by atoms with E-state index in [9.17, 15) is 8.78 Å². The molecule has 110 valence electrons. The minimum atomic E-state index is -0.824. The first-order valence-electron chi connectivity index (χ1n) is 6.63. The summed E-state index contributed by atoms with van der Waals surface area (Å²) in [5, 5.41) is 8.89. The highest BCUT2D eigenvalue weighted by Crippen LogP contribution is 2.29. The van der Waals surface area contributed by atoms with Crippen molar-refractivity contribution in [2.24, 2.45) is 0 Å². The summed E-state index contributed by atoms with van der Waals surface area (Å²) in [6.07, 6.45) is 0.382. The van der Waals surface area contributed by atoms with Crippen molar-refractivity contribution in [2.45, 2.75) is 19.1 Å². The van der Waals surface area contributed by atoms with Gasteiger partial charge in [0.2, 0.25) is 0 Å². The lowest BCUT2D eigenvalue weighted by molar-refractivity contribution is 0.141. The van der Waals surface area contributed by atoms with E-state index < -0.39 is 24.0 Å². The van der Waals surface area contributed by atoms with Crippen LogP contribution in [-0.2, 0) is 13.0 Å². The number of aliphatic hydroxyl groups excluding tert-OH is 1. The molecule has 3 rings (SSSR count). The first-order valence-corrected chi connectivity index (χ1v) is 6.63. The van der Waals surface area contributed by atoms with Crippen LogP contribution in [0.2, 0.25) is 0 Å². The predicted molar refractivity (Wildman–Crippen MR) is 72.3 cm³/mol. The van der Waals surface area contributed by atoms with E-state index in [-0.39, 0.29) is 18.3 Å². The lowest BCUT2D eigenvalue weighted by atomic mass is 10.1. The number of benzene rings is 2. The number of hydrogen-bond acceptors (Lipinski definition) is 3. The van der Waals surface area contributed by atoms with Gasteiger partial charge >= 0.3 is 0 Å². The highest BCUT2D eigenvalue weighted by Gasteiger charge is 2.24. The molecule has 21 heavy (non-hydrogen) atoms. The summed E-state index contributed by atoms with van der Waals surface area (Å²) in [4.78, 5) is 0. The van der Waals surface area contributed by atoms with Crippen LogP contribution in [-0.4, -0.2) is 17.8 Å². The summed E-state index contributed by atoms with van der Waals surface area (Å²) < 4.78 is 38.3. The molecule has 1 unspecified atom stereocenters. The van der Waals surface area contributed by atoms with Crippen LogP contribution in [0.5, 0.6) is 11.5 Å². The van der Waals surface area contributed by atoms with E-state index >= 15 is 0 Å². The van der Waals surface area contributed by atoms with E-state index in [1.165, 1.54) is 0 Å². The van der Waals surface area contributed by atoms with Gasteiger partial charge in [-0.3, -0.25) is 0 Å². The Hall–Kier alpha value is -2.14. The van der Waals surface area contributed by atoms with Gasteiger partial charge in [0.05, 0.1) is 6.61 Å². The molecule has 0 saturated carbocycles. The lowest BCUT2D eigenvalue weighted by Crippen LogP contribution is -2.23. The van der Waals surface area contributed by atoms with Crippen molar-refractivity contribution >= 4 is 0 Å². The molecular formula is C16H14F2O3. The molecule has 1 heterocycles. The first-order chi connectivity index (χ1) is 10.2. The molecule has 5 heteroatoms. The topological polar surface area (TPSA) is 38.7 Å². The fourth-order valence-corrected chi connectivity index (χ4v) is 2.36.